The van der Waals surface area contributed by atoms with Gasteiger partial charge in [0.25, 0.3) is 0 Å². The second kappa shape index (κ2) is 12.0. The Morgan fingerprint density at radius 3 is 2.44 bits per heavy atom. The summed E-state index contributed by atoms with van der Waals surface area (Å²) in [6, 6.07) is -0.311. The first-order valence-corrected chi connectivity index (χ1v) is 6.08. The molecule has 0 aliphatic heterocycles. The highest BCUT2D eigenvalue weighted by molar-refractivity contribution is 5.73. The molecular weight excluding hydrogens is 204 g/mol. The van der Waals surface area contributed by atoms with Gasteiger partial charge in [0.15, 0.2) is 0 Å². The first kappa shape index (κ1) is 15.0. The zero-order chi connectivity index (χ0) is 12.1. The zero-order valence-electron chi connectivity index (χ0n) is 10.2. The topological polar surface area (TPSA) is 61.4 Å². The van der Waals surface area contributed by atoms with Crippen LogP contribution in [0.25, 0.3) is 0 Å². The second-order valence-corrected chi connectivity index (χ2v) is 3.70. The normalized spacial score (nSPS) is 10.6. The van der Waals surface area contributed by atoms with Gasteiger partial charge in [0, 0.05) is 6.54 Å². The number of urea groups is 1. The smallest absolute Gasteiger partial charge is 0.316 e. The van der Waals surface area contributed by atoms with E-state index < -0.39 is 0 Å². The molecule has 0 bridgehead atoms. The summed E-state index contributed by atoms with van der Waals surface area (Å²) in [6.07, 6.45) is 11.3. The Bertz CT molecular complexity index is 193. The van der Waals surface area contributed by atoms with Crippen LogP contribution in [0.2, 0.25) is 0 Å². The van der Waals surface area contributed by atoms with Crippen LogP contribution in [-0.2, 0) is 0 Å². The van der Waals surface area contributed by atoms with Crippen LogP contribution in [0.3, 0.4) is 0 Å². The molecule has 16 heavy (non-hydrogen) atoms. The van der Waals surface area contributed by atoms with Crippen molar-refractivity contribution in [2.45, 2.75) is 45.4 Å². The molecule has 0 aromatic carbocycles. The Morgan fingerprint density at radius 1 is 1.12 bits per heavy atom. The fourth-order valence-electron chi connectivity index (χ4n) is 1.30. The Labute approximate surface area is 98.1 Å². The number of aliphatic hydroxyl groups is 1. The lowest BCUT2D eigenvalue weighted by Gasteiger charge is -2.03. The number of unbranched alkanes of at least 4 members (excludes halogenated alkanes) is 4. The number of allylic oxidation sites excluding steroid dienone is 2. The predicted molar refractivity (Wildman–Crippen MR) is 66.1 cm³/mol. The van der Waals surface area contributed by atoms with Gasteiger partial charge in [-0.2, -0.15) is 0 Å². The molecular formula is C12H24N2O2. The molecule has 0 saturated heterocycles. The summed E-state index contributed by atoms with van der Waals surface area (Å²) in [5.74, 6) is 0. The largest absolute Gasteiger partial charge is 0.376 e. The number of hydrogen-bond acceptors (Lipinski definition) is 2. The van der Waals surface area contributed by atoms with Crippen LogP contribution in [-0.4, -0.2) is 24.4 Å². The Kier molecular flexibility index (Phi) is 11.3. The van der Waals surface area contributed by atoms with Gasteiger partial charge >= 0.3 is 6.03 Å². The molecule has 0 aliphatic carbocycles. The second-order valence-electron chi connectivity index (χ2n) is 3.70. The molecule has 0 fully saturated rings. The highest BCUT2D eigenvalue weighted by Gasteiger charge is 1.94. The van der Waals surface area contributed by atoms with Crippen molar-refractivity contribution in [2.75, 3.05) is 13.3 Å². The lowest BCUT2D eigenvalue weighted by molar-refractivity contribution is 0.218. The van der Waals surface area contributed by atoms with Crippen LogP contribution in [0, 0.1) is 0 Å². The summed E-state index contributed by atoms with van der Waals surface area (Å²) in [6.45, 7) is 2.53. The van der Waals surface area contributed by atoms with Crippen LogP contribution in [0.1, 0.15) is 45.4 Å². The van der Waals surface area contributed by atoms with Crippen molar-refractivity contribution in [1.29, 1.82) is 0 Å². The van der Waals surface area contributed by atoms with E-state index in [0.717, 1.165) is 19.3 Å². The molecule has 0 aromatic heterocycles. The van der Waals surface area contributed by atoms with E-state index in [0.29, 0.717) is 6.54 Å². The van der Waals surface area contributed by atoms with Gasteiger partial charge in [0.1, 0.15) is 6.73 Å². The quantitative estimate of drug-likeness (QED) is 0.322. The van der Waals surface area contributed by atoms with Gasteiger partial charge in [-0.25, -0.2) is 4.79 Å². The van der Waals surface area contributed by atoms with Crippen LogP contribution in [0.4, 0.5) is 4.79 Å². The summed E-state index contributed by atoms with van der Waals surface area (Å²) in [5.41, 5.74) is 0. The molecule has 0 unspecified atom stereocenters. The van der Waals surface area contributed by atoms with E-state index in [2.05, 4.69) is 29.7 Å². The number of nitrogens with one attached hydrogen (secondary N) is 2. The zero-order valence-corrected chi connectivity index (χ0v) is 10.2. The third-order valence-electron chi connectivity index (χ3n) is 2.21. The monoisotopic (exact) mass is 228 g/mol. The molecule has 2 amide bonds. The molecule has 0 aliphatic rings. The SMILES string of the molecule is CCCCC/C=C/CCCNC(=O)NCO. The molecule has 0 rings (SSSR count). The first-order valence-electron chi connectivity index (χ1n) is 6.08. The van der Waals surface area contributed by atoms with Gasteiger partial charge in [-0.1, -0.05) is 31.9 Å². The number of carbonyl (C=O) groups excluding carboxylic acids is 1. The van der Waals surface area contributed by atoms with Crippen LogP contribution in [0.5, 0.6) is 0 Å². The van der Waals surface area contributed by atoms with Crippen molar-refractivity contribution in [3.05, 3.63) is 12.2 Å². The third-order valence-corrected chi connectivity index (χ3v) is 2.21. The third kappa shape index (κ3) is 11.0. The minimum atomic E-state index is -0.316. The van der Waals surface area contributed by atoms with E-state index in [4.69, 9.17) is 5.11 Å². The molecule has 0 heterocycles. The number of aliphatic hydroxyl groups excluding tert-OH is 1. The van der Waals surface area contributed by atoms with E-state index in [1.165, 1.54) is 19.3 Å². The highest BCUT2D eigenvalue weighted by Crippen LogP contribution is 2.00. The number of rotatable bonds is 9. The summed E-state index contributed by atoms with van der Waals surface area (Å²) < 4.78 is 0. The maximum absolute atomic E-state index is 10.8. The van der Waals surface area contributed by atoms with Crippen LogP contribution < -0.4 is 10.6 Å². The van der Waals surface area contributed by atoms with E-state index in [1.54, 1.807) is 0 Å². The van der Waals surface area contributed by atoms with Crippen molar-refractivity contribution >= 4 is 6.03 Å². The van der Waals surface area contributed by atoms with Crippen molar-refractivity contribution in [3.8, 4) is 0 Å². The molecule has 0 radical (unpaired) electrons. The van der Waals surface area contributed by atoms with Gasteiger partial charge in [0.2, 0.25) is 0 Å². The molecule has 4 nitrogen and oxygen atoms in total. The summed E-state index contributed by atoms with van der Waals surface area (Å²) >= 11 is 0. The number of amides is 2. The van der Waals surface area contributed by atoms with Gasteiger partial charge in [-0.05, 0) is 25.7 Å². The minimum absolute atomic E-state index is 0.311. The Balaban J connectivity index is 3.17. The van der Waals surface area contributed by atoms with Gasteiger partial charge in [0.05, 0.1) is 0 Å². The maximum Gasteiger partial charge on any atom is 0.316 e. The Morgan fingerprint density at radius 2 is 1.81 bits per heavy atom. The lowest BCUT2D eigenvalue weighted by Crippen LogP contribution is -2.36. The average Bonchev–Trinajstić information content (AvgIpc) is 2.27. The highest BCUT2D eigenvalue weighted by atomic mass is 16.3. The molecule has 0 saturated carbocycles. The van der Waals surface area contributed by atoms with E-state index >= 15 is 0 Å². The van der Waals surface area contributed by atoms with Crippen molar-refractivity contribution in [3.63, 3.8) is 0 Å². The van der Waals surface area contributed by atoms with Gasteiger partial charge in [-0.3, -0.25) is 0 Å². The van der Waals surface area contributed by atoms with Gasteiger partial charge in [-0.15, -0.1) is 0 Å². The molecule has 94 valence electrons. The maximum atomic E-state index is 10.8. The molecule has 0 aromatic rings. The van der Waals surface area contributed by atoms with Crippen molar-refractivity contribution in [2.24, 2.45) is 0 Å². The number of carbonyl (C=O) groups is 1. The molecule has 4 heteroatoms. The lowest BCUT2D eigenvalue weighted by atomic mass is 10.2. The van der Waals surface area contributed by atoms with Crippen LogP contribution in [0.15, 0.2) is 12.2 Å². The number of hydrogen-bond donors (Lipinski definition) is 3. The molecule has 0 atom stereocenters. The average molecular weight is 228 g/mol. The molecule has 0 spiro atoms. The molecule has 3 N–H and O–H groups in total. The predicted octanol–water partition coefficient (Wildman–Crippen LogP) is 2.15. The van der Waals surface area contributed by atoms with E-state index in [9.17, 15) is 4.79 Å². The first-order chi connectivity index (χ1) is 7.81. The van der Waals surface area contributed by atoms with Gasteiger partial charge < -0.3 is 15.7 Å². The standard InChI is InChI=1S/C12H24N2O2/c1-2-3-4-5-6-7-8-9-10-13-12(16)14-11-15/h6-7,15H,2-5,8-11H2,1H3,(H2,13,14,16)/b7-6+. The van der Waals surface area contributed by atoms with Crippen molar-refractivity contribution < 1.29 is 9.90 Å². The van der Waals surface area contributed by atoms with Crippen LogP contribution >= 0.6 is 0 Å². The summed E-state index contributed by atoms with van der Waals surface area (Å²) in [5, 5.41) is 13.3. The van der Waals surface area contributed by atoms with Crippen molar-refractivity contribution in [1.82, 2.24) is 10.6 Å². The summed E-state index contributed by atoms with van der Waals surface area (Å²) in [7, 11) is 0. The Hall–Kier alpha value is -1.03. The summed E-state index contributed by atoms with van der Waals surface area (Å²) in [4.78, 5) is 10.8. The fraction of sp³-hybridized carbons (Fsp3) is 0.750. The van der Waals surface area contributed by atoms with E-state index in [-0.39, 0.29) is 12.8 Å². The minimum Gasteiger partial charge on any atom is -0.376 e. The fourth-order valence-corrected chi connectivity index (χ4v) is 1.30. The van der Waals surface area contributed by atoms with E-state index in [1.807, 2.05) is 0 Å².